The Kier molecular flexibility index (Phi) is 2.94. The molecule has 0 N–H and O–H groups in total. The number of piperidine rings is 1. The lowest BCUT2D eigenvalue weighted by Gasteiger charge is -2.69. The summed E-state index contributed by atoms with van der Waals surface area (Å²) in [6.07, 6.45) is 10.7. The Morgan fingerprint density at radius 1 is 1.12 bits per heavy atom. The van der Waals surface area contributed by atoms with E-state index in [-0.39, 0.29) is 5.41 Å². The molecule has 8 atom stereocenters. The van der Waals surface area contributed by atoms with Crippen LogP contribution in [-0.4, -0.2) is 36.6 Å². The summed E-state index contributed by atoms with van der Waals surface area (Å²) in [7, 11) is 0. The minimum atomic E-state index is 0.0600. The average molecular weight is 344 g/mol. The van der Waals surface area contributed by atoms with Crippen molar-refractivity contribution in [2.24, 2.45) is 39.9 Å². The highest BCUT2D eigenvalue weighted by Crippen LogP contribution is 2.73. The molecule has 4 saturated carbocycles. The average Bonchev–Trinajstić information content (AvgIpc) is 3.13. The zero-order valence-electron chi connectivity index (χ0n) is 15.9. The number of hydrogen-bond acceptors (Lipinski definition) is 3. The first kappa shape index (κ1) is 15.6. The van der Waals surface area contributed by atoms with Crippen LogP contribution < -0.4 is 0 Å². The molecule has 138 valence electrons. The van der Waals surface area contributed by atoms with Crippen molar-refractivity contribution in [1.82, 2.24) is 4.90 Å². The second-order valence-electron chi connectivity index (χ2n) is 10.8. The Hall–Kier alpha value is -0.410. The van der Waals surface area contributed by atoms with E-state index in [0.717, 1.165) is 19.1 Å². The molecule has 0 aromatic heterocycles. The van der Waals surface area contributed by atoms with Crippen molar-refractivity contribution >= 4 is 5.78 Å². The predicted octanol–water partition coefficient (Wildman–Crippen LogP) is 3.87. The topological polar surface area (TPSA) is 29.5 Å². The molecule has 6 rings (SSSR count). The number of hydrogen-bond donors (Lipinski definition) is 0. The van der Waals surface area contributed by atoms with Crippen molar-refractivity contribution in [2.45, 2.75) is 71.4 Å². The minimum absolute atomic E-state index is 0.0600. The summed E-state index contributed by atoms with van der Waals surface area (Å²) < 4.78 is 6.28. The van der Waals surface area contributed by atoms with E-state index >= 15 is 0 Å². The molecule has 0 aromatic rings. The van der Waals surface area contributed by atoms with E-state index in [1.54, 1.807) is 0 Å². The molecular weight excluding hydrogens is 310 g/mol. The molecule has 1 spiro atoms. The van der Waals surface area contributed by atoms with Crippen LogP contribution in [0.1, 0.15) is 65.2 Å². The Labute approximate surface area is 151 Å². The van der Waals surface area contributed by atoms with Gasteiger partial charge in [-0.25, -0.2) is 0 Å². The van der Waals surface area contributed by atoms with Gasteiger partial charge in [0.1, 0.15) is 12.0 Å². The first-order valence-electron chi connectivity index (χ1n) is 10.9. The van der Waals surface area contributed by atoms with Crippen LogP contribution in [0.25, 0.3) is 0 Å². The lowest BCUT2D eigenvalue weighted by atomic mass is 9.38. The van der Waals surface area contributed by atoms with Crippen molar-refractivity contribution in [3.8, 4) is 0 Å². The second kappa shape index (κ2) is 4.70. The lowest BCUT2D eigenvalue weighted by molar-refractivity contribution is -0.249. The van der Waals surface area contributed by atoms with Gasteiger partial charge in [-0.2, -0.15) is 0 Å². The van der Waals surface area contributed by atoms with E-state index in [4.69, 9.17) is 4.74 Å². The molecule has 0 radical (unpaired) electrons. The van der Waals surface area contributed by atoms with Crippen LogP contribution in [0, 0.1) is 39.9 Å². The summed E-state index contributed by atoms with van der Waals surface area (Å²) >= 11 is 0. The van der Waals surface area contributed by atoms with Crippen molar-refractivity contribution in [3.63, 3.8) is 0 Å². The van der Waals surface area contributed by atoms with Gasteiger partial charge in [0.2, 0.25) is 0 Å². The zero-order valence-corrected chi connectivity index (χ0v) is 15.9. The Morgan fingerprint density at radius 3 is 2.88 bits per heavy atom. The number of ether oxygens (including phenoxy) is 1. The molecular formula is C22H33NO2. The van der Waals surface area contributed by atoms with Gasteiger partial charge >= 0.3 is 0 Å². The monoisotopic (exact) mass is 343 g/mol. The summed E-state index contributed by atoms with van der Waals surface area (Å²) in [5.74, 6) is 3.13. The van der Waals surface area contributed by atoms with Gasteiger partial charge in [-0.3, -0.25) is 9.69 Å². The number of ketones is 1. The summed E-state index contributed by atoms with van der Waals surface area (Å²) in [6, 6.07) is 0. The highest BCUT2D eigenvalue weighted by molar-refractivity contribution is 5.90. The van der Waals surface area contributed by atoms with E-state index in [9.17, 15) is 4.79 Å². The smallest absolute Gasteiger partial charge is 0.142 e. The van der Waals surface area contributed by atoms with Gasteiger partial charge in [0, 0.05) is 29.8 Å². The van der Waals surface area contributed by atoms with E-state index in [0.29, 0.717) is 40.6 Å². The number of rotatable bonds is 0. The highest BCUT2D eigenvalue weighted by atomic mass is 16.5. The number of Topliss-reactive ketones (excluding diaryl/α,β-unsaturated/α-hetero) is 1. The first-order valence-corrected chi connectivity index (χ1v) is 10.9. The fourth-order valence-electron chi connectivity index (χ4n) is 9.46. The summed E-state index contributed by atoms with van der Waals surface area (Å²) in [6.45, 7) is 8.02. The molecule has 0 amide bonds. The molecule has 4 bridgehead atoms. The largest absolute Gasteiger partial charge is 0.361 e. The summed E-state index contributed by atoms with van der Waals surface area (Å²) in [5.41, 5.74) is 0.781. The van der Waals surface area contributed by atoms with Crippen LogP contribution in [-0.2, 0) is 9.53 Å². The zero-order chi connectivity index (χ0) is 17.0. The quantitative estimate of drug-likeness (QED) is 0.669. The maximum absolute atomic E-state index is 13.4. The van der Waals surface area contributed by atoms with Crippen LogP contribution in [0.5, 0.6) is 0 Å². The van der Waals surface area contributed by atoms with Gasteiger partial charge in [0.05, 0.1) is 6.61 Å². The van der Waals surface area contributed by atoms with Gasteiger partial charge in [-0.1, -0.05) is 20.3 Å². The van der Waals surface area contributed by atoms with Crippen LogP contribution in [0.3, 0.4) is 0 Å². The lowest BCUT2D eigenvalue weighted by Crippen LogP contribution is -2.70. The van der Waals surface area contributed by atoms with E-state index in [1.165, 1.54) is 57.9 Å². The van der Waals surface area contributed by atoms with E-state index in [1.807, 2.05) is 0 Å². The fourth-order valence-corrected chi connectivity index (χ4v) is 9.46. The van der Waals surface area contributed by atoms with Gasteiger partial charge in [-0.15, -0.1) is 0 Å². The summed E-state index contributed by atoms with van der Waals surface area (Å²) in [4.78, 5) is 16.1. The molecule has 2 saturated heterocycles. The third-order valence-corrected chi connectivity index (χ3v) is 10.2. The maximum atomic E-state index is 13.4. The predicted molar refractivity (Wildman–Crippen MR) is 95.9 cm³/mol. The fraction of sp³-hybridized carbons (Fsp3) is 0.955. The van der Waals surface area contributed by atoms with Crippen LogP contribution in [0.4, 0.5) is 0 Å². The number of carbonyl (C=O) groups is 1. The molecule has 6 aliphatic rings. The SMILES string of the molecule is CC1C(=O)C23CCC4C5(C)CCCC4(CN4CCOC45)C2CCC1C3. The highest BCUT2D eigenvalue weighted by Gasteiger charge is 2.72. The summed E-state index contributed by atoms with van der Waals surface area (Å²) in [5, 5.41) is 0. The standard InChI is InChI=1S/C22H33NO2/c1-14-15-4-5-17-21(12-15,18(14)24)9-6-16-20(2)7-3-8-22(16,17)13-23-10-11-25-19(20)23/h14-17,19H,3-13H2,1-2H3. The Morgan fingerprint density at radius 2 is 2.00 bits per heavy atom. The van der Waals surface area contributed by atoms with Gasteiger partial charge in [0.15, 0.2) is 0 Å². The maximum Gasteiger partial charge on any atom is 0.142 e. The number of carbonyl (C=O) groups excluding carboxylic acids is 1. The number of fused-ring (bicyclic) bond motifs is 3. The first-order chi connectivity index (χ1) is 12.0. The molecule has 0 aromatic carbocycles. The Balaban J connectivity index is 1.49. The molecule has 6 fully saturated rings. The van der Waals surface area contributed by atoms with Crippen molar-refractivity contribution < 1.29 is 9.53 Å². The van der Waals surface area contributed by atoms with Gasteiger partial charge in [0.25, 0.3) is 0 Å². The van der Waals surface area contributed by atoms with Crippen molar-refractivity contribution in [2.75, 3.05) is 19.7 Å². The third-order valence-electron chi connectivity index (χ3n) is 10.2. The van der Waals surface area contributed by atoms with Gasteiger partial charge < -0.3 is 4.74 Å². The van der Waals surface area contributed by atoms with E-state index in [2.05, 4.69) is 18.7 Å². The van der Waals surface area contributed by atoms with Crippen molar-refractivity contribution in [1.29, 1.82) is 0 Å². The second-order valence-corrected chi connectivity index (χ2v) is 10.8. The van der Waals surface area contributed by atoms with E-state index < -0.39 is 0 Å². The molecule has 2 heterocycles. The van der Waals surface area contributed by atoms with Crippen LogP contribution in [0.2, 0.25) is 0 Å². The van der Waals surface area contributed by atoms with Gasteiger partial charge in [-0.05, 0) is 68.1 Å². The third kappa shape index (κ3) is 1.61. The van der Waals surface area contributed by atoms with Crippen molar-refractivity contribution in [3.05, 3.63) is 0 Å². The number of nitrogens with zero attached hydrogens (tertiary/aromatic N) is 1. The molecule has 25 heavy (non-hydrogen) atoms. The van der Waals surface area contributed by atoms with Crippen LogP contribution in [0.15, 0.2) is 0 Å². The minimum Gasteiger partial charge on any atom is -0.361 e. The normalized spacial score (nSPS) is 60.1. The molecule has 4 aliphatic carbocycles. The molecule has 2 aliphatic heterocycles. The van der Waals surface area contributed by atoms with Crippen LogP contribution >= 0.6 is 0 Å². The Bertz CT molecular complexity index is 634. The molecule has 3 nitrogen and oxygen atoms in total. The molecule has 8 unspecified atom stereocenters. The molecule has 3 heteroatoms.